The molecule has 40 heavy (non-hydrogen) atoms. The molecular weight excluding hydrogens is 616 g/mol. The number of carbonyl (C=O) groups is 2. The van der Waals surface area contributed by atoms with Crippen molar-refractivity contribution in [2.75, 3.05) is 17.4 Å². The summed E-state index contributed by atoms with van der Waals surface area (Å²) in [6.07, 6.45) is 1.64. The van der Waals surface area contributed by atoms with Crippen LogP contribution in [0.3, 0.4) is 0 Å². The van der Waals surface area contributed by atoms with E-state index in [1.807, 2.05) is 6.92 Å². The number of amides is 2. The first kappa shape index (κ1) is 32.0. The lowest BCUT2D eigenvalue weighted by molar-refractivity contribution is -0.139. The van der Waals surface area contributed by atoms with Gasteiger partial charge in [0.15, 0.2) is 0 Å². The van der Waals surface area contributed by atoms with Crippen molar-refractivity contribution >= 4 is 73.9 Å². The highest BCUT2D eigenvalue weighted by molar-refractivity contribution is 7.92. The number of rotatable bonds is 12. The van der Waals surface area contributed by atoms with Gasteiger partial charge in [-0.3, -0.25) is 13.9 Å². The minimum atomic E-state index is -4.28. The second kappa shape index (κ2) is 14.4. The fourth-order valence-electron chi connectivity index (χ4n) is 3.88. The van der Waals surface area contributed by atoms with Crippen LogP contribution in [-0.4, -0.2) is 44.3 Å². The minimum absolute atomic E-state index is 0.0159. The Bertz CT molecular complexity index is 1430. The van der Waals surface area contributed by atoms with Crippen LogP contribution in [0.2, 0.25) is 20.1 Å². The van der Waals surface area contributed by atoms with Crippen LogP contribution in [0, 0.1) is 0 Å². The molecule has 3 aromatic rings. The molecule has 3 rings (SSSR count). The van der Waals surface area contributed by atoms with Gasteiger partial charge in [0.2, 0.25) is 11.8 Å². The quantitative estimate of drug-likeness (QED) is 0.219. The Kier molecular flexibility index (Phi) is 11.5. The van der Waals surface area contributed by atoms with Crippen molar-refractivity contribution in [2.24, 2.45) is 0 Å². The average Bonchev–Trinajstić information content (AvgIpc) is 2.93. The van der Waals surface area contributed by atoms with E-state index in [9.17, 15) is 18.0 Å². The maximum atomic E-state index is 14.0. The van der Waals surface area contributed by atoms with Crippen molar-refractivity contribution in [3.05, 3.63) is 92.4 Å². The molecule has 0 radical (unpaired) electrons. The first-order valence-electron chi connectivity index (χ1n) is 12.5. The van der Waals surface area contributed by atoms with Crippen molar-refractivity contribution in [3.63, 3.8) is 0 Å². The van der Waals surface area contributed by atoms with Gasteiger partial charge in [0, 0.05) is 33.7 Å². The number of benzene rings is 3. The fourth-order valence-corrected chi connectivity index (χ4v) is 6.28. The summed E-state index contributed by atoms with van der Waals surface area (Å²) >= 11 is 25.4. The first-order valence-corrected chi connectivity index (χ1v) is 15.5. The van der Waals surface area contributed by atoms with E-state index in [2.05, 4.69) is 5.32 Å². The summed E-state index contributed by atoms with van der Waals surface area (Å²) in [4.78, 5) is 28.2. The van der Waals surface area contributed by atoms with Crippen LogP contribution in [0.5, 0.6) is 0 Å². The second-order valence-electron chi connectivity index (χ2n) is 8.96. The molecule has 3 aromatic carbocycles. The van der Waals surface area contributed by atoms with Crippen molar-refractivity contribution in [3.8, 4) is 0 Å². The molecule has 0 spiro atoms. The van der Waals surface area contributed by atoms with Gasteiger partial charge in [0.25, 0.3) is 10.0 Å². The molecule has 0 aliphatic carbocycles. The highest BCUT2D eigenvalue weighted by Gasteiger charge is 2.34. The lowest BCUT2D eigenvalue weighted by Gasteiger charge is -2.32. The van der Waals surface area contributed by atoms with Gasteiger partial charge in [0.1, 0.15) is 12.6 Å². The van der Waals surface area contributed by atoms with Crippen LogP contribution >= 0.6 is 46.4 Å². The van der Waals surface area contributed by atoms with Crippen molar-refractivity contribution < 1.29 is 18.0 Å². The molecule has 1 unspecified atom stereocenters. The molecule has 1 atom stereocenters. The molecule has 214 valence electrons. The zero-order valence-electron chi connectivity index (χ0n) is 21.9. The fraction of sp³-hybridized carbons (Fsp3) is 0.286. The molecule has 0 aromatic heterocycles. The maximum Gasteiger partial charge on any atom is 0.264 e. The maximum absolute atomic E-state index is 14.0. The SMILES string of the molecule is CCCCNC(=O)C(C)N(Cc1c(Cl)cccc1Cl)C(=O)CN(c1cc(Cl)ccc1Cl)S(=O)(=O)c1ccccc1. The summed E-state index contributed by atoms with van der Waals surface area (Å²) < 4.78 is 28.6. The normalized spacial score (nSPS) is 12.1. The van der Waals surface area contributed by atoms with E-state index in [1.54, 1.807) is 43.3 Å². The molecular formula is C28H29Cl4N3O4S. The molecule has 0 bridgehead atoms. The molecule has 0 saturated carbocycles. The van der Waals surface area contributed by atoms with Crippen molar-refractivity contribution in [1.82, 2.24) is 10.2 Å². The largest absolute Gasteiger partial charge is 0.354 e. The Morgan fingerprint density at radius 3 is 2.17 bits per heavy atom. The Hall–Kier alpha value is -2.49. The number of carbonyl (C=O) groups excluding carboxylic acids is 2. The average molecular weight is 645 g/mol. The second-order valence-corrected chi connectivity index (χ2v) is 12.5. The Morgan fingerprint density at radius 2 is 1.55 bits per heavy atom. The molecule has 0 fully saturated rings. The first-order chi connectivity index (χ1) is 19.0. The standard InChI is InChI=1S/C28H29Cl4N3O4S/c1-3-4-15-33-28(37)19(2)34(17-22-23(30)11-8-12-24(22)31)27(36)18-35(26-16-20(29)13-14-25(26)32)40(38,39)21-9-6-5-7-10-21/h5-14,16,19H,3-4,15,17-18H2,1-2H3,(H,33,37). The third-order valence-corrected chi connectivity index (χ3v) is 9.21. The number of nitrogens with one attached hydrogen (secondary N) is 1. The number of nitrogens with zero attached hydrogens (tertiary/aromatic N) is 2. The van der Waals surface area contributed by atoms with Gasteiger partial charge in [-0.2, -0.15) is 0 Å². The Morgan fingerprint density at radius 1 is 0.900 bits per heavy atom. The van der Waals surface area contributed by atoms with E-state index in [-0.39, 0.29) is 27.2 Å². The Labute approximate surface area is 255 Å². The van der Waals surface area contributed by atoms with E-state index < -0.39 is 34.4 Å². The van der Waals surface area contributed by atoms with Gasteiger partial charge >= 0.3 is 0 Å². The predicted octanol–water partition coefficient (Wildman–Crippen LogP) is 6.83. The minimum Gasteiger partial charge on any atom is -0.354 e. The number of sulfonamides is 1. The van der Waals surface area contributed by atoms with Crippen LogP contribution in [0.4, 0.5) is 5.69 Å². The predicted molar refractivity (Wildman–Crippen MR) is 162 cm³/mol. The zero-order chi connectivity index (χ0) is 29.4. The molecule has 0 saturated heterocycles. The Balaban J connectivity index is 2.07. The van der Waals surface area contributed by atoms with Gasteiger partial charge in [-0.05, 0) is 55.8 Å². The number of hydrogen-bond acceptors (Lipinski definition) is 4. The number of hydrogen-bond donors (Lipinski definition) is 1. The number of halogens is 4. The van der Waals surface area contributed by atoms with Gasteiger partial charge in [0.05, 0.1) is 15.6 Å². The summed E-state index contributed by atoms with van der Waals surface area (Å²) in [5.41, 5.74) is 0.438. The molecule has 7 nitrogen and oxygen atoms in total. The van der Waals surface area contributed by atoms with Crippen LogP contribution in [0.1, 0.15) is 32.3 Å². The number of anilines is 1. The summed E-state index contributed by atoms with van der Waals surface area (Å²) in [7, 11) is -4.28. The van der Waals surface area contributed by atoms with E-state index in [0.29, 0.717) is 22.2 Å². The summed E-state index contributed by atoms with van der Waals surface area (Å²) in [6, 6.07) is 15.9. The van der Waals surface area contributed by atoms with Crippen molar-refractivity contribution in [1.29, 1.82) is 0 Å². The van der Waals surface area contributed by atoms with Gasteiger partial charge < -0.3 is 10.2 Å². The lowest BCUT2D eigenvalue weighted by atomic mass is 10.1. The molecule has 2 amide bonds. The van der Waals surface area contributed by atoms with Crippen LogP contribution in [-0.2, 0) is 26.2 Å². The number of unbranched alkanes of at least 4 members (excludes halogenated alkanes) is 1. The lowest BCUT2D eigenvalue weighted by Crippen LogP contribution is -2.51. The zero-order valence-corrected chi connectivity index (χ0v) is 25.8. The van der Waals surface area contributed by atoms with Gasteiger partial charge in [-0.25, -0.2) is 8.42 Å². The molecule has 12 heteroatoms. The van der Waals surface area contributed by atoms with E-state index in [0.717, 1.165) is 17.1 Å². The van der Waals surface area contributed by atoms with Gasteiger partial charge in [-0.15, -0.1) is 0 Å². The van der Waals surface area contributed by atoms with Gasteiger partial charge in [-0.1, -0.05) is 84.0 Å². The van der Waals surface area contributed by atoms with E-state index >= 15 is 0 Å². The molecule has 0 aliphatic rings. The highest BCUT2D eigenvalue weighted by Crippen LogP contribution is 2.33. The summed E-state index contributed by atoms with van der Waals surface area (Å²) in [6.45, 7) is 3.18. The van der Waals surface area contributed by atoms with E-state index in [1.165, 1.54) is 35.2 Å². The molecule has 0 heterocycles. The smallest absolute Gasteiger partial charge is 0.264 e. The summed E-state index contributed by atoms with van der Waals surface area (Å²) in [5.74, 6) is -1.08. The van der Waals surface area contributed by atoms with Crippen LogP contribution in [0.15, 0.2) is 71.6 Å². The monoisotopic (exact) mass is 643 g/mol. The molecule has 0 aliphatic heterocycles. The van der Waals surface area contributed by atoms with E-state index in [4.69, 9.17) is 46.4 Å². The topological polar surface area (TPSA) is 86.8 Å². The third-order valence-electron chi connectivity index (χ3n) is 6.17. The van der Waals surface area contributed by atoms with Crippen molar-refractivity contribution in [2.45, 2.75) is 44.2 Å². The van der Waals surface area contributed by atoms with Crippen LogP contribution in [0.25, 0.3) is 0 Å². The van der Waals surface area contributed by atoms with Crippen LogP contribution < -0.4 is 9.62 Å². The third kappa shape index (κ3) is 7.83. The highest BCUT2D eigenvalue weighted by atomic mass is 35.5. The molecule has 1 N–H and O–H groups in total. The summed E-state index contributed by atoms with van der Waals surface area (Å²) in [5, 5.41) is 3.72.